The van der Waals surface area contributed by atoms with E-state index in [4.69, 9.17) is 5.73 Å². The van der Waals surface area contributed by atoms with E-state index < -0.39 is 0 Å². The standard InChI is InChI=1S/C12H26N2S/c1-3-12(4-2,10-13)11-14-6-5-8-15-9-7-14/h3-11,13H2,1-2H3. The van der Waals surface area contributed by atoms with Gasteiger partial charge in [0.15, 0.2) is 0 Å². The van der Waals surface area contributed by atoms with E-state index in [9.17, 15) is 0 Å². The maximum Gasteiger partial charge on any atom is 0.00726 e. The summed E-state index contributed by atoms with van der Waals surface area (Å²) >= 11 is 2.10. The Kier molecular flexibility index (Phi) is 6.02. The molecule has 0 bridgehead atoms. The molecule has 1 aliphatic heterocycles. The van der Waals surface area contributed by atoms with Crippen LogP contribution in [0, 0.1) is 5.41 Å². The summed E-state index contributed by atoms with van der Waals surface area (Å²) in [5.41, 5.74) is 6.32. The summed E-state index contributed by atoms with van der Waals surface area (Å²) in [6.45, 7) is 9.13. The van der Waals surface area contributed by atoms with Gasteiger partial charge in [-0.3, -0.25) is 0 Å². The lowest BCUT2D eigenvalue weighted by atomic mass is 9.82. The van der Waals surface area contributed by atoms with E-state index >= 15 is 0 Å². The molecular formula is C12H26N2S. The summed E-state index contributed by atoms with van der Waals surface area (Å²) < 4.78 is 0. The van der Waals surface area contributed by atoms with Crippen LogP contribution in [-0.2, 0) is 0 Å². The topological polar surface area (TPSA) is 29.3 Å². The molecule has 15 heavy (non-hydrogen) atoms. The molecule has 1 fully saturated rings. The van der Waals surface area contributed by atoms with Crippen molar-refractivity contribution in [3.63, 3.8) is 0 Å². The van der Waals surface area contributed by atoms with Crippen LogP contribution >= 0.6 is 11.8 Å². The van der Waals surface area contributed by atoms with Crippen molar-refractivity contribution >= 4 is 11.8 Å². The second-order valence-corrected chi connectivity index (χ2v) is 5.88. The van der Waals surface area contributed by atoms with Crippen LogP contribution in [0.1, 0.15) is 33.1 Å². The summed E-state index contributed by atoms with van der Waals surface area (Å²) in [5.74, 6) is 2.64. The quantitative estimate of drug-likeness (QED) is 0.785. The Hall–Kier alpha value is 0.270. The molecular weight excluding hydrogens is 204 g/mol. The van der Waals surface area contributed by atoms with Crippen LogP contribution in [0.3, 0.4) is 0 Å². The Bertz CT molecular complexity index is 153. The predicted octanol–water partition coefficient (Wildman–Crippen LogP) is 2.19. The van der Waals surface area contributed by atoms with Crippen molar-refractivity contribution in [3.8, 4) is 0 Å². The van der Waals surface area contributed by atoms with Gasteiger partial charge in [0.05, 0.1) is 0 Å². The molecule has 0 atom stereocenters. The molecule has 0 saturated carbocycles. The average Bonchev–Trinajstić information content (AvgIpc) is 2.54. The maximum absolute atomic E-state index is 5.95. The van der Waals surface area contributed by atoms with Gasteiger partial charge in [-0.05, 0) is 43.5 Å². The van der Waals surface area contributed by atoms with E-state index in [0.717, 1.165) is 6.54 Å². The van der Waals surface area contributed by atoms with Gasteiger partial charge < -0.3 is 10.6 Å². The average molecular weight is 230 g/mol. The van der Waals surface area contributed by atoms with Crippen LogP contribution in [0.15, 0.2) is 0 Å². The minimum atomic E-state index is 0.370. The van der Waals surface area contributed by atoms with Crippen LogP contribution < -0.4 is 5.73 Å². The van der Waals surface area contributed by atoms with Gasteiger partial charge in [-0.15, -0.1) is 0 Å². The van der Waals surface area contributed by atoms with Gasteiger partial charge in [-0.1, -0.05) is 13.8 Å². The molecule has 2 N–H and O–H groups in total. The fourth-order valence-corrected chi connectivity index (χ4v) is 3.18. The molecule has 0 aromatic heterocycles. The second-order valence-electron chi connectivity index (χ2n) is 4.65. The van der Waals surface area contributed by atoms with Gasteiger partial charge in [0.2, 0.25) is 0 Å². The van der Waals surface area contributed by atoms with Crippen molar-refractivity contribution in [1.29, 1.82) is 0 Å². The smallest absolute Gasteiger partial charge is 0.00726 e. The maximum atomic E-state index is 5.95. The third kappa shape index (κ3) is 3.97. The highest BCUT2D eigenvalue weighted by Crippen LogP contribution is 2.27. The zero-order valence-electron chi connectivity index (χ0n) is 10.3. The molecule has 1 aliphatic rings. The molecule has 90 valence electrons. The third-order valence-corrected chi connectivity index (χ3v) is 4.86. The molecule has 0 amide bonds. The van der Waals surface area contributed by atoms with Gasteiger partial charge in [0.1, 0.15) is 0 Å². The summed E-state index contributed by atoms with van der Waals surface area (Å²) in [4.78, 5) is 2.62. The zero-order chi connectivity index (χ0) is 11.1. The van der Waals surface area contributed by atoms with Crippen molar-refractivity contribution in [2.45, 2.75) is 33.1 Å². The minimum Gasteiger partial charge on any atom is -0.330 e. The summed E-state index contributed by atoms with van der Waals surface area (Å²) in [7, 11) is 0. The first-order chi connectivity index (χ1) is 7.26. The summed E-state index contributed by atoms with van der Waals surface area (Å²) in [6, 6.07) is 0. The van der Waals surface area contributed by atoms with Gasteiger partial charge in [0, 0.05) is 18.8 Å². The van der Waals surface area contributed by atoms with Crippen molar-refractivity contribution in [2.24, 2.45) is 11.1 Å². The number of rotatable bonds is 5. The first-order valence-corrected chi connectivity index (χ1v) is 7.42. The summed E-state index contributed by atoms with van der Waals surface area (Å²) in [6.07, 6.45) is 3.77. The van der Waals surface area contributed by atoms with E-state index in [2.05, 4.69) is 30.5 Å². The molecule has 0 spiro atoms. The molecule has 1 rings (SSSR count). The number of nitrogens with two attached hydrogens (primary N) is 1. The van der Waals surface area contributed by atoms with E-state index in [-0.39, 0.29) is 0 Å². The van der Waals surface area contributed by atoms with Crippen LogP contribution in [0.4, 0.5) is 0 Å². The Morgan fingerprint density at radius 3 is 2.53 bits per heavy atom. The monoisotopic (exact) mass is 230 g/mol. The van der Waals surface area contributed by atoms with Gasteiger partial charge in [-0.25, -0.2) is 0 Å². The Morgan fingerprint density at radius 2 is 1.93 bits per heavy atom. The highest BCUT2D eigenvalue weighted by atomic mass is 32.2. The minimum absolute atomic E-state index is 0.370. The van der Waals surface area contributed by atoms with Crippen molar-refractivity contribution in [2.75, 3.05) is 37.7 Å². The van der Waals surface area contributed by atoms with Gasteiger partial charge >= 0.3 is 0 Å². The number of hydrogen-bond donors (Lipinski definition) is 1. The molecule has 3 heteroatoms. The van der Waals surface area contributed by atoms with E-state index in [1.165, 1.54) is 50.4 Å². The van der Waals surface area contributed by atoms with Crippen LogP contribution in [0.25, 0.3) is 0 Å². The number of thioether (sulfide) groups is 1. The Morgan fingerprint density at radius 1 is 1.20 bits per heavy atom. The van der Waals surface area contributed by atoms with Gasteiger partial charge in [0.25, 0.3) is 0 Å². The molecule has 2 nitrogen and oxygen atoms in total. The first kappa shape index (κ1) is 13.3. The normalized spacial score (nSPS) is 20.2. The molecule has 0 aliphatic carbocycles. The lowest BCUT2D eigenvalue weighted by Crippen LogP contribution is -2.42. The van der Waals surface area contributed by atoms with Crippen LogP contribution in [0.5, 0.6) is 0 Å². The third-order valence-electron chi connectivity index (χ3n) is 3.81. The highest BCUT2D eigenvalue weighted by molar-refractivity contribution is 7.99. The molecule has 0 aromatic rings. The largest absolute Gasteiger partial charge is 0.330 e. The van der Waals surface area contributed by atoms with Crippen molar-refractivity contribution in [3.05, 3.63) is 0 Å². The van der Waals surface area contributed by atoms with Crippen LogP contribution in [-0.4, -0.2) is 42.6 Å². The zero-order valence-corrected chi connectivity index (χ0v) is 11.1. The molecule has 0 radical (unpaired) electrons. The predicted molar refractivity (Wildman–Crippen MR) is 70.5 cm³/mol. The number of hydrogen-bond acceptors (Lipinski definition) is 3. The Labute approximate surface area is 99.0 Å². The van der Waals surface area contributed by atoms with Crippen molar-refractivity contribution in [1.82, 2.24) is 4.90 Å². The Balaban J connectivity index is 2.48. The van der Waals surface area contributed by atoms with Crippen LogP contribution in [0.2, 0.25) is 0 Å². The molecule has 1 saturated heterocycles. The molecule has 0 aromatic carbocycles. The second kappa shape index (κ2) is 6.77. The van der Waals surface area contributed by atoms with Gasteiger partial charge in [-0.2, -0.15) is 11.8 Å². The van der Waals surface area contributed by atoms with Crippen molar-refractivity contribution < 1.29 is 0 Å². The lowest BCUT2D eigenvalue weighted by Gasteiger charge is -2.35. The molecule has 1 heterocycles. The van der Waals surface area contributed by atoms with E-state index in [0.29, 0.717) is 5.41 Å². The number of nitrogens with zero attached hydrogens (tertiary/aromatic N) is 1. The van der Waals surface area contributed by atoms with E-state index in [1.807, 2.05) is 0 Å². The lowest BCUT2D eigenvalue weighted by molar-refractivity contribution is 0.151. The SMILES string of the molecule is CCC(CC)(CN)CN1CCCSCC1. The fourth-order valence-electron chi connectivity index (χ4n) is 2.26. The fraction of sp³-hybridized carbons (Fsp3) is 1.00. The molecule has 0 unspecified atom stereocenters. The first-order valence-electron chi connectivity index (χ1n) is 6.26. The highest BCUT2D eigenvalue weighted by Gasteiger charge is 2.27. The summed E-state index contributed by atoms with van der Waals surface area (Å²) in [5, 5.41) is 0. The van der Waals surface area contributed by atoms with E-state index in [1.54, 1.807) is 0 Å².